The second-order valence-electron chi connectivity index (χ2n) is 4.42. The van der Waals surface area contributed by atoms with Crippen LogP contribution in [0.2, 0.25) is 0 Å². The molecule has 92 valence electrons. The van der Waals surface area contributed by atoms with Crippen molar-refractivity contribution >= 4 is 21.4 Å². The zero-order valence-corrected chi connectivity index (χ0v) is 10.1. The van der Waals surface area contributed by atoms with E-state index < -0.39 is 17.3 Å². The normalized spacial score (nSPS) is 13.3. The fourth-order valence-electron chi connectivity index (χ4n) is 1.52. The van der Waals surface area contributed by atoms with E-state index in [-0.39, 0.29) is 0 Å². The van der Waals surface area contributed by atoms with E-state index in [9.17, 15) is 18.3 Å². The minimum absolute atomic E-state index is 0.516. The van der Waals surface area contributed by atoms with Crippen LogP contribution >= 0.6 is 11.3 Å². The summed E-state index contributed by atoms with van der Waals surface area (Å²) >= 11 is 1.31. The van der Waals surface area contributed by atoms with E-state index in [0.29, 0.717) is 10.3 Å². The quantitative estimate of drug-likeness (QED) is 0.816. The first-order valence-electron chi connectivity index (χ1n) is 5.01. The molecule has 1 aromatic heterocycles. The maximum absolute atomic E-state index is 12.5. The smallest absolute Gasteiger partial charge is 0.385 e. The second-order valence-corrected chi connectivity index (χ2v) is 5.50. The third-order valence-corrected chi connectivity index (χ3v) is 3.88. The molecule has 1 aromatic carbocycles. The van der Waals surface area contributed by atoms with Gasteiger partial charge < -0.3 is 5.11 Å². The number of rotatable bonds is 1. The zero-order chi connectivity index (χ0) is 12.8. The minimum atomic E-state index is -4.33. The number of hydrogen-bond acceptors (Lipinski definition) is 2. The molecule has 0 unspecified atom stereocenters. The van der Waals surface area contributed by atoms with E-state index >= 15 is 0 Å². The monoisotopic (exact) mass is 260 g/mol. The number of alkyl halides is 3. The molecule has 0 aliphatic heterocycles. The van der Waals surface area contributed by atoms with E-state index in [2.05, 4.69) is 0 Å². The lowest BCUT2D eigenvalue weighted by Crippen LogP contribution is -2.12. The molecule has 2 rings (SSSR count). The lowest BCUT2D eigenvalue weighted by atomic mass is 10.1. The van der Waals surface area contributed by atoms with E-state index in [1.807, 2.05) is 0 Å². The van der Waals surface area contributed by atoms with Crippen molar-refractivity contribution in [3.05, 3.63) is 34.7 Å². The molecule has 0 saturated heterocycles. The van der Waals surface area contributed by atoms with E-state index in [1.165, 1.54) is 17.4 Å². The van der Waals surface area contributed by atoms with Crippen LogP contribution in [0.3, 0.4) is 0 Å². The largest absolute Gasteiger partial charge is 0.416 e. The Bertz CT molecular complexity index is 537. The molecule has 0 radical (unpaired) electrons. The fraction of sp³-hybridized carbons (Fsp3) is 0.333. The lowest BCUT2D eigenvalue weighted by Gasteiger charge is -2.13. The highest BCUT2D eigenvalue weighted by atomic mass is 32.1. The molecule has 0 fully saturated rings. The molecular weight excluding hydrogens is 249 g/mol. The molecule has 0 saturated carbocycles. The molecule has 1 heterocycles. The van der Waals surface area contributed by atoms with Crippen LogP contribution in [0.4, 0.5) is 13.2 Å². The Balaban J connectivity index is 2.56. The van der Waals surface area contributed by atoms with E-state index in [1.54, 1.807) is 19.9 Å². The highest BCUT2D eigenvalue weighted by molar-refractivity contribution is 7.19. The molecule has 0 atom stereocenters. The molecule has 17 heavy (non-hydrogen) atoms. The molecule has 1 N–H and O–H groups in total. The topological polar surface area (TPSA) is 20.2 Å². The summed E-state index contributed by atoms with van der Waals surface area (Å²) in [4.78, 5) is 0.659. The number of hydrogen-bond donors (Lipinski definition) is 1. The van der Waals surface area contributed by atoms with Crippen LogP contribution in [0, 0.1) is 0 Å². The fourth-order valence-corrected chi connectivity index (χ4v) is 2.57. The van der Waals surface area contributed by atoms with Gasteiger partial charge in [0.2, 0.25) is 0 Å². The summed E-state index contributed by atoms with van der Waals surface area (Å²) in [5.41, 5.74) is -1.69. The van der Waals surface area contributed by atoms with Crippen LogP contribution in [0.5, 0.6) is 0 Å². The van der Waals surface area contributed by atoms with Gasteiger partial charge in [-0.25, -0.2) is 0 Å². The first-order chi connectivity index (χ1) is 7.68. The van der Waals surface area contributed by atoms with Crippen molar-refractivity contribution in [1.82, 2.24) is 0 Å². The van der Waals surface area contributed by atoms with Crippen LogP contribution < -0.4 is 0 Å². The summed E-state index contributed by atoms with van der Waals surface area (Å²) in [6, 6.07) is 5.22. The number of halogens is 3. The molecule has 1 nitrogen and oxygen atoms in total. The SMILES string of the molecule is CC(C)(O)c1cc2cc(C(F)(F)F)ccc2s1. The van der Waals surface area contributed by atoms with Crippen LogP contribution in [-0.2, 0) is 11.8 Å². The zero-order valence-electron chi connectivity index (χ0n) is 9.30. The summed E-state index contributed by atoms with van der Waals surface area (Å²) in [5.74, 6) is 0. The predicted octanol–water partition coefficient (Wildman–Crippen LogP) is 4.15. The Morgan fingerprint density at radius 3 is 2.29 bits per heavy atom. The Hall–Kier alpha value is -1.07. The van der Waals surface area contributed by atoms with Crippen LogP contribution in [0.1, 0.15) is 24.3 Å². The van der Waals surface area contributed by atoms with Crippen molar-refractivity contribution in [2.24, 2.45) is 0 Å². The Morgan fingerprint density at radius 1 is 1.12 bits per heavy atom. The molecule has 2 aromatic rings. The molecule has 0 aliphatic carbocycles. The van der Waals surface area contributed by atoms with Crippen LogP contribution in [-0.4, -0.2) is 5.11 Å². The average molecular weight is 260 g/mol. The van der Waals surface area contributed by atoms with Crippen molar-refractivity contribution in [2.45, 2.75) is 25.6 Å². The molecule has 0 aliphatic rings. The van der Waals surface area contributed by atoms with Crippen molar-refractivity contribution in [3.8, 4) is 0 Å². The molecule has 0 spiro atoms. The second kappa shape index (κ2) is 3.71. The van der Waals surface area contributed by atoms with Crippen molar-refractivity contribution in [3.63, 3.8) is 0 Å². The van der Waals surface area contributed by atoms with Gasteiger partial charge in [0.1, 0.15) is 0 Å². The van der Waals surface area contributed by atoms with Gasteiger partial charge in [-0.15, -0.1) is 11.3 Å². The molecule has 5 heteroatoms. The Labute approximate surface area is 101 Å². The number of fused-ring (bicyclic) bond motifs is 1. The van der Waals surface area contributed by atoms with Gasteiger partial charge in [0.15, 0.2) is 0 Å². The maximum Gasteiger partial charge on any atom is 0.416 e. The Kier molecular flexibility index (Phi) is 2.71. The average Bonchev–Trinajstić information content (AvgIpc) is 2.57. The third-order valence-electron chi connectivity index (χ3n) is 2.45. The van der Waals surface area contributed by atoms with Crippen molar-refractivity contribution < 1.29 is 18.3 Å². The van der Waals surface area contributed by atoms with Gasteiger partial charge >= 0.3 is 6.18 Å². The summed E-state index contributed by atoms with van der Waals surface area (Å²) in [5, 5.41) is 10.3. The predicted molar refractivity (Wildman–Crippen MR) is 62.1 cm³/mol. The van der Waals surface area contributed by atoms with E-state index in [4.69, 9.17) is 0 Å². The molecule has 0 amide bonds. The lowest BCUT2D eigenvalue weighted by molar-refractivity contribution is -0.137. The number of aliphatic hydroxyl groups is 1. The van der Waals surface area contributed by atoms with Crippen molar-refractivity contribution in [1.29, 1.82) is 0 Å². The van der Waals surface area contributed by atoms with E-state index in [0.717, 1.165) is 16.8 Å². The minimum Gasteiger partial charge on any atom is -0.385 e. The number of benzene rings is 1. The summed E-state index contributed by atoms with van der Waals surface area (Å²) < 4.78 is 38.3. The molecule has 0 bridgehead atoms. The summed E-state index contributed by atoms with van der Waals surface area (Å²) in [6.07, 6.45) is -4.33. The van der Waals surface area contributed by atoms with Gasteiger partial charge in [-0.2, -0.15) is 13.2 Å². The maximum atomic E-state index is 12.5. The van der Waals surface area contributed by atoms with Gasteiger partial charge in [0.25, 0.3) is 0 Å². The van der Waals surface area contributed by atoms with Gasteiger partial charge in [0.05, 0.1) is 11.2 Å². The summed E-state index contributed by atoms with van der Waals surface area (Å²) in [7, 11) is 0. The van der Waals surface area contributed by atoms with Gasteiger partial charge in [-0.05, 0) is 43.5 Å². The van der Waals surface area contributed by atoms with Crippen molar-refractivity contribution in [2.75, 3.05) is 0 Å². The third kappa shape index (κ3) is 2.45. The van der Waals surface area contributed by atoms with Gasteiger partial charge in [0, 0.05) is 9.58 Å². The Morgan fingerprint density at radius 2 is 1.76 bits per heavy atom. The van der Waals surface area contributed by atoms with Crippen LogP contribution in [0.15, 0.2) is 24.3 Å². The van der Waals surface area contributed by atoms with Gasteiger partial charge in [-0.1, -0.05) is 0 Å². The first kappa shape index (κ1) is 12.4. The highest BCUT2D eigenvalue weighted by Crippen LogP contribution is 2.36. The number of thiophene rings is 1. The molecular formula is C12H11F3OS. The van der Waals surface area contributed by atoms with Crippen LogP contribution in [0.25, 0.3) is 10.1 Å². The first-order valence-corrected chi connectivity index (χ1v) is 5.83. The highest BCUT2D eigenvalue weighted by Gasteiger charge is 2.30. The standard InChI is InChI=1S/C12H11F3OS/c1-11(2,16)10-6-7-5-8(12(13,14)15)3-4-9(7)17-10/h3-6,16H,1-2H3. The van der Waals surface area contributed by atoms with Gasteiger partial charge in [-0.3, -0.25) is 0 Å². The summed E-state index contributed by atoms with van der Waals surface area (Å²) in [6.45, 7) is 3.23.